The normalized spacial score (nSPS) is 14.3. The van der Waals surface area contributed by atoms with Crippen molar-refractivity contribution in [2.24, 2.45) is 0 Å². The number of aromatic amines is 1. The number of anilines is 1. The van der Waals surface area contributed by atoms with Crippen molar-refractivity contribution in [2.45, 2.75) is 60.0 Å². The molecule has 6 nitrogen and oxygen atoms in total. The molecule has 1 aliphatic heterocycles. The summed E-state index contributed by atoms with van der Waals surface area (Å²) in [7, 11) is 0. The topological polar surface area (TPSA) is 74.4 Å². The molecule has 30 heavy (non-hydrogen) atoms. The van der Waals surface area contributed by atoms with Crippen molar-refractivity contribution in [3.05, 3.63) is 49.2 Å². The van der Waals surface area contributed by atoms with Gasteiger partial charge < -0.3 is 19.9 Å². The van der Waals surface area contributed by atoms with E-state index in [0.29, 0.717) is 11.6 Å². The average Bonchev–Trinajstić information content (AvgIpc) is 2.96. The van der Waals surface area contributed by atoms with Crippen LogP contribution in [0, 0.1) is 27.7 Å². The largest absolute Gasteiger partial charge is 0.381 e. The number of aryl methyl sites for hydroxylation is 3. The number of halogens is 1. The van der Waals surface area contributed by atoms with Crippen LogP contribution in [-0.4, -0.2) is 36.7 Å². The molecule has 3 heterocycles. The van der Waals surface area contributed by atoms with Crippen LogP contribution in [-0.2, 0) is 11.3 Å². The lowest BCUT2D eigenvalue weighted by Gasteiger charge is -2.34. The summed E-state index contributed by atoms with van der Waals surface area (Å²) in [4.78, 5) is 31.5. The molecule has 0 saturated carbocycles. The third-order valence-corrected chi connectivity index (χ3v) is 6.92. The highest BCUT2D eigenvalue weighted by Crippen LogP contribution is 2.37. The first kappa shape index (κ1) is 24.4. The van der Waals surface area contributed by atoms with Crippen LogP contribution in [0.15, 0.2) is 10.9 Å². The second-order valence-corrected chi connectivity index (χ2v) is 8.92. The fourth-order valence-electron chi connectivity index (χ4n) is 4.17. The van der Waals surface area contributed by atoms with Gasteiger partial charge in [-0.2, -0.15) is 0 Å². The number of nitrogens with one attached hydrogen (secondary N) is 2. The van der Waals surface area contributed by atoms with Crippen LogP contribution >= 0.6 is 23.7 Å². The SMILES string of the molecule is CCN(c1sc(C)c(C(=O)NCc2c(C)cc(C)[nH]c2=O)c1C)C1CCOCC1.Cl. The maximum absolute atomic E-state index is 13.0. The van der Waals surface area contributed by atoms with Crippen LogP contribution in [0.25, 0.3) is 0 Å². The molecule has 0 aromatic carbocycles. The van der Waals surface area contributed by atoms with Gasteiger partial charge >= 0.3 is 0 Å². The molecule has 2 N–H and O–H groups in total. The Hall–Kier alpha value is -1.83. The van der Waals surface area contributed by atoms with Crippen LogP contribution in [0.1, 0.15) is 57.4 Å². The van der Waals surface area contributed by atoms with Gasteiger partial charge in [0.05, 0.1) is 10.6 Å². The van der Waals surface area contributed by atoms with Gasteiger partial charge in [-0.25, -0.2) is 0 Å². The van der Waals surface area contributed by atoms with Crippen LogP contribution in [0.4, 0.5) is 5.00 Å². The quantitative estimate of drug-likeness (QED) is 0.692. The number of rotatable bonds is 6. The lowest BCUT2D eigenvalue weighted by atomic mass is 10.1. The number of pyridine rings is 1. The van der Waals surface area contributed by atoms with Crippen molar-refractivity contribution in [2.75, 3.05) is 24.7 Å². The Bertz CT molecular complexity index is 948. The van der Waals surface area contributed by atoms with Gasteiger partial charge in [0.15, 0.2) is 0 Å². The number of aromatic nitrogens is 1. The highest BCUT2D eigenvalue weighted by Gasteiger charge is 2.27. The number of amides is 1. The molecular weight excluding hydrogens is 422 g/mol. The number of carbonyl (C=O) groups is 1. The lowest BCUT2D eigenvalue weighted by molar-refractivity contribution is 0.0847. The molecule has 1 amide bonds. The predicted molar refractivity (Wildman–Crippen MR) is 126 cm³/mol. The minimum atomic E-state index is -0.140. The summed E-state index contributed by atoms with van der Waals surface area (Å²) in [6, 6.07) is 2.38. The third-order valence-electron chi connectivity index (χ3n) is 5.68. The van der Waals surface area contributed by atoms with Crippen LogP contribution < -0.4 is 15.8 Å². The molecule has 0 radical (unpaired) electrons. The summed E-state index contributed by atoms with van der Waals surface area (Å²) >= 11 is 1.68. The van der Waals surface area contributed by atoms with Gasteiger partial charge in [-0.05, 0) is 64.7 Å². The molecular formula is C22H32ClN3O3S. The van der Waals surface area contributed by atoms with E-state index >= 15 is 0 Å². The molecule has 2 aromatic rings. The first-order valence-electron chi connectivity index (χ1n) is 10.2. The first-order chi connectivity index (χ1) is 13.8. The van der Waals surface area contributed by atoms with E-state index in [1.54, 1.807) is 11.3 Å². The maximum Gasteiger partial charge on any atom is 0.253 e. The monoisotopic (exact) mass is 453 g/mol. The Morgan fingerprint density at radius 2 is 1.93 bits per heavy atom. The molecule has 0 bridgehead atoms. The fraction of sp³-hybridized carbons (Fsp3) is 0.545. The molecule has 1 aliphatic rings. The summed E-state index contributed by atoms with van der Waals surface area (Å²) in [6.07, 6.45) is 2.03. The molecule has 0 unspecified atom stereocenters. The van der Waals surface area contributed by atoms with Gasteiger partial charge in [-0.3, -0.25) is 9.59 Å². The number of hydrogen-bond donors (Lipinski definition) is 2. The summed E-state index contributed by atoms with van der Waals surface area (Å²) in [6.45, 7) is 12.7. The van der Waals surface area contributed by atoms with Crippen molar-refractivity contribution < 1.29 is 9.53 Å². The third kappa shape index (κ3) is 5.07. The second-order valence-electron chi connectivity index (χ2n) is 7.72. The van der Waals surface area contributed by atoms with E-state index in [1.165, 1.54) is 5.00 Å². The number of ether oxygens (including phenoxy) is 1. The van der Waals surface area contributed by atoms with E-state index in [0.717, 1.165) is 59.9 Å². The van der Waals surface area contributed by atoms with Crippen LogP contribution in [0.2, 0.25) is 0 Å². The van der Waals surface area contributed by atoms with Gasteiger partial charge in [0.25, 0.3) is 11.5 Å². The van der Waals surface area contributed by atoms with E-state index in [4.69, 9.17) is 4.74 Å². The Kier molecular flexibility index (Phi) is 8.52. The standard InChI is InChI=1S/C22H31N3O3S.ClH/c1-6-25(17-7-9-28-10-8-17)22-15(4)19(16(5)29-22)21(27)23-12-18-13(2)11-14(3)24-20(18)26;/h11,17H,6-10,12H2,1-5H3,(H,23,27)(H,24,26);1H. The summed E-state index contributed by atoms with van der Waals surface area (Å²) in [5, 5.41) is 4.13. The molecule has 166 valence electrons. The summed E-state index contributed by atoms with van der Waals surface area (Å²) < 4.78 is 5.51. The number of nitrogens with zero attached hydrogens (tertiary/aromatic N) is 1. The van der Waals surface area contributed by atoms with E-state index < -0.39 is 0 Å². The van der Waals surface area contributed by atoms with Gasteiger partial charge in [0.2, 0.25) is 0 Å². The number of thiophene rings is 1. The maximum atomic E-state index is 13.0. The van der Waals surface area contributed by atoms with Crippen LogP contribution in [0.3, 0.4) is 0 Å². The Morgan fingerprint density at radius 3 is 2.53 bits per heavy atom. The minimum absolute atomic E-state index is 0. The Labute approximate surface area is 188 Å². The minimum Gasteiger partial charge on any atom is -0.381 e. The van der Waals surface area contributed by atoms with Crippen molar-refractivity contribution in [1.29, 1.82) is 0 Å². The van der Waals surface area contributed by atoms with E-state index in [1.807, 2.05) is 33.8 Å². The average molecular weight is 454 g/mol. The van der Waals surface area contributed by atoms with Crippen molar-refractivity contribution in [3.63, 3.8) is 0 Å². The molecule has 8 heteroatoms. The van der Waals surface area contributed by atoms with Crippen LogP contribution in [0.5, 0.6) is 0 Å². The van der Waals surface area contributed by atoms with Gasteiger partial charge in [-0.15, -0.1) is 23.7 Å². The molecule has 3 rings (SSSR count). The molecule has 0 spiro atoms. The number of carbonyl (C=O) groups excluding carboxylic acids is 1. The Morgan fingerprint density at radius 1 is 1.27 bits per heavy atom. The van der Waals surface area contributed by atoms with Crippen molar-refractivity contribution >= 4 is 34.7 Å². The predicted octanol–water partition coefficient (Wildman–Crippen LogP) is 4.03. The van der Waals surface area contributed by atoms with Gasteiger partial charge in [0.1, 0.15) is 0 Å². The van der Waals surface area contributed by atoms with E-state index in [9.17, 15) is 9.59 Å². The number of hydrogen-bond acceptors (Lipinski definition) is 5. The van der Waals surface area contributed by atoms with E-state index in [-0.39, 0.29) is 30.4 Å². The van der Waals surface area contributed by atoms with Gasteiger partial charge in [-0.1, -0.05) is 0 Å². The molecule has 0 atom stereocenters. The second kappa shape index (κ2) is 10.5. The fourth-order valence-corrected chi connectivity index (χ4v) is 5.46. The molecule has 2 aromatic heterocycles. The Balaban J connectivity index is 0.00000320. The zero-order valence-electron chi connectivity index (χ0n) is 18.4. The molecule has 0 aliphatic carbocycles. The number of H-pyrrole nitrogens is 1. The molecule has 1 saturated heterocycles. The summed E-state index contributed by atoms with van der Waals surface area (Å²) in [5.74, 6) is -0.120. The van der Waals surface area contributed by atoms with Gasteiger partial charge in [0, 0.05) is 48.5 Å². The van der Waals surface area contributed by atoms with E-state index in [2.05, 4.69) is 22.1 Å². The van der Waals surface area contributed by atoms with Crippen molar-refractivity contribution in [3.8, 4) is 0 Å². The highest BCUT2D eigenvalue weighted by atomic mass is 35.5. The lowest BCUT2D eigenvalue weighted by Crippen LogP contribution is -2.39. The highest BCUT2D eigenvalue weighted by molar-refractivity contribution is 7.16. The van der Waals surface area contributed by atoms with Crippen molar-refractivity contribution in [1.82, 2.24) is 10.3 Å². The smallest absolute Gasteiger partial charge is 0.253 e. The summed E-state index contributed by atoms with van der Waals surface area (Å²) in [5.41, 5.74) is 3.93. The molecule has 1 fully saturated rings. The zero-order valence-corrected chi connectivity index (χ0v) is 20.0. The zero-order chi connectivity index (χ0) is 21.1. The first-order valence-corrected chi connectivity index (χ1v) is 11.1.